The molecule has 126 valence electrons. The highest BCUT2D eigenvalue weighted by Crippen LogP contribution is 2.09. The summed E-state index contributed by atoms with van der Waals surface area (Å²) < 4.78 is 9.96. The minimum absolute atomic E-state index is 0.0446. The van der Waals surface area contributed by atoms with Gasteiger partial charge in [0.2, 0.25) is 0 Å². The topological polar surface area (TPSA) is 105 Å². The van der Waals surface area contributed by atoms with Gasteiger partial charge >= 0.3 is 12.1 Å². The number of anilines is 1. The van der Waals surface area contributed by atoms with E-state index in [2.05, 4.69) is 11.9 Å². The molecule has 1 aromatic carbocycles. The SMILES string of the molecule is C=C(C)C(=O)OC(CCOC(=O)Nc1ccccc1)C(O)CO. The molecule has 0 fully saturated rings. The van der Waals surface area contributed by atoms with Crippen molar-refractivity contribution in [2.45, 2.75) is 25.6 Å². The van der Waals surface area contributed by atoms with Crippen molar-refractivity contribution in [3.63, 3.8) is 0 Å². The van der Waals surface area contributed by atoms with E-state index in [1.807, 2.05) is 6.07 Å². The van der Waals surface area contributed by atoms with Gasteiger partial charge in [0, 0.05) is 17.7 Å². The molecule has 2 unspecified atom stereocenters. The lowest BCUT2D eigenvalue weighted by molar-refractivity contribution is -0.152. The highest BCUT2D eigenvalue weighted by molar-refractivity contribution is 5.87. The van der Waals surface area contributed by atoms with Gasteiger partial charge in [-0.25, -0.2) is 9.59 Å². The van der Waals surface area contributed by atoms with Crippen LogP contribution in [0, 0.1) is 0 Å². The quantitative estimate of drug-likeness (QED) is 0.494. The zero-order valence-electron chi connectivity index (χ0n) is 12.9. The van der Waals surface area contributed by atoms with E-state index in [1.165, 1.54) is 6.92 Å². The Kier molecular flexibility index (Phi) is 7.79. The fourth-order valence-electron chi connectivity index (χ4n) is 1.63. The van der Waals surface area contributed by atoms with E-state index in [4.69, 9.17) is 14.6 Å². The molecule has 1 aromatic rings. The number of rotatable bonds is 8. The van der Waals surface area contributed by atoms with Gasteiger partial charge in [0.25, 0.3) is 0 Å². The summed E-state index contributed by atoms with van der Waals surface area (Å²) in [5.41, 5.74) is 0.751. The molecule has 0 aliphatic rings. The van der Waals surface area contributed by atoms with E-state index in [0.29, 0.717) is 5.69 Å². The molecule has 1 rings (SSSR count). The summed E-state index contributed by atoms with van der Waals surface area (Å²) >= 11 is 0. The lowest BCUT2D eigenvalue weighted by Crippen LogP contribution is -2.35. The van der Waals surface area contributed by atoms with Gasteiger partial charge in [-0.2, -0.15) is 0 Å². The molecule has 0 radical (unpaired) electrons. The van der Waals surface area contributed by atoms with Crippen LogP contribution in [-0.2, 0) is 14.3 Å². The van der Waals surface area contributed by atoms with Crippen LogP contribution < -0.4 is 5.32 Å². The number of hydrogen-bond acceptors (Lipinski definition) is 6. The highest BCUT2D eigenvalue weighted by atomic mass is 16.6. The molecule has 0 saturated heterocycles. The molecule has 7 heteroatoms. The summed E-state index contributed by atoms with van der Waals surface area (Å²) in [7, 11) is 0. The average Bonchev–Trinajstić information content (AvgIpc) is 2.53. The molecule has 0 aliphatic heterocycles. The molecule has 2 atom stereocenters. The van der Waals surface area contributed by atoms with Crippen LogP contribution >= 0.6 is 0 Å². The van der Waals surface area contributed by atoms with Crippen LogP contribution in [0.15, 0.2) is 42.5 Å². The van der Waals surface area contributed by atoms with Gasteiger partial charge in [-0.05, 0) is 19.1 Å². The molecular weight excluding hydrogens is 302 g/mol. The van der Waals surface area contributed by atoms with Crippen LogP contribution in [0.25, 0.3) is 0 Å². The Morgan fingerprint density at radius 1 is 1.30 bits per heavy atom. The molecule has 0 saturated carbocycles. The van der Waals surface area contributed by atoms with Crippen LogP contribution in [0.3, 0.4) is 0 Å². The number of hydrogen-bond donors (Lipinski definition) is 3. The number of nitrogens with one attached hydrogen (secondary N) is 1. The summed E-state index contributed by atoms with van der Waals surface area (Å²) in [5, 5.41) is 21.1. The monoisotopic (exact) mass is 323 g/mol. The Morgan fingerprint density at radius 2 is 1.96 bits per heavy atom. The fourth-order valence-corrected chi connectivity index (χ4v) is 1.63. The maximum atomic E-state index is 11.6. The van der Waals surface area contributed by atoms with Gasteiger partial charge in [0.15, 0.2) is 0 Å². The third-order valence-electron chi connectivity index (χ3n) is 2.88. The van der Waals surface area contributed by atoms with Crippen molar-refractivity contribution in [3.8, 4) is 0 Å². The molecule has 3 N–H and O–H groups in total. The second kappa shape index (κ2) is 9.60. The minimum atomic E-state index is -1.26. The Bertz CT molecular complexity index is 531. The van der Waals surface area contributed by atoms with Crippen molar-refractivity contribution >= 4 is 17.7 Å². The number of benzene rings is 1. The molecular formula is C16H21NO6. The zero-order chi connectivity index (χ0) is 17.2. The van der Waals surface area contributed by atoms with E-state index >= 15 is 0 Å². The van der Waals surface area contributed by atoms with Crippen LogP contribution in [0.4, 0.5) is 10.5 Å². The Labute approximate surface area is 134 Å². The molecule has 23 heavy (non-hydrogen) atoms. The van der Waals surface area contributed by atoms with E-state index in [-0.39, 0.29) is 18.6 Å². The van der Waals surface area contributed by atoms with E-state index in [1.54, 1.807) is 24.3 Å². The third-order valence-corrected chi connectivity index (χ3v) is 2.88. The Hall–Kier alpha value is -2.38. The first-order valence-corrected chi connectivity index (χ1v) is 7.08. The normalized spacial score (nSPS) is 12.8. The number of aliphatic hydroxyl groups is 2. The molecule has 1 amide bonds. The molecule has 0 bridgehead atoms. The number of ether oxygens (including phenoxy) is 2. The first-order valence-electron chi connectivity index (χ1n) is 7.08. The fraction of sp³-hybridized carbons (Fsp3) is 0.375. The van der Waals surface area contributed by atoms with Crippen molar-refractivity contribution in [1.82, 2.24) is 0 Å². The summed E-state index contributed by atoms with van der Waals surface area (Å²) in [6.07, 6.45) is -2.88. The predicted octanol–water partition coefficient (Wildman–Crippen LogP) is 1.47. The van der Waals surface area contributed by atoms with Crippen LogP contribution in [-0.4, -0.2) is 47.7 Å². The smallest absolute Gasteiger partial charge is 0.411 e. The largest absolute Gasteiger partial charge is 0.456 e. The van der Waals surface area contributed by atoms with Crippen LogP contribution in [0.5, 0.6) is 0 Å². The maximum Gasteiger partial charge on any atom is 0.411 e. The van der Waals surface area contributed by atoms with Crippen LogP contribution in [0.2, 0.25) is 0 Å². The van der Waals surface area contributed by atoms with Crippen LogP contribution in [0.1, 0.15) is 13.3 Å². The number of esters is 1. The summed E-state index contributed by atoms with van der Waals surface area (Å²) in [6, 6.07) is 8.75. The standard InChI is InChI=1S/C16H21NO6/c1-11(2)15(20)23-14(13(19)10-18)8-9-22-16(21)17-12-6-4-3-5-7-12/h3-7,13-14,18-19H,1,8-10H2,2H3,(H,17,21). The number of amides is 1. The second-order valence-electron chi connectivity index (χ2n) is 4.89. The number of aliphatic hydroxyl groups excluding tert-OH is 2. The molecule has 0 heterocycles. The first-order chi connectivity index (χ1) is 10.9. The molecule has 0 aromatic heterocycles. The lowest BCUT2D eigenvalue weighted by Gasteiger charge is -2.21. The van der Waals surface area contributed by atoms with Gasteiger partial charge in [-0.1, -0.05) is 24.8 Å². The van der Waals surface area contributed by atoms with Crippen molar-refractivity contribution in [1.29, 1.82) is 0 Å². The van der Waals surface area contributed by atoms with E-state index in [9.17, 15) is 14.7 Å². The van der Waals surface area contributed by atoms with E-state index < -0.39 is 30.9 Å². The number of carbonyl (C=O) groups excluding carboxylic acids is 2. The maximum absolute atomic E-state index is 11.6. The number of carbonyl (C=O) groups is 2. The van der Waals surface area contributed by atoms with Gasteiger partial charge in [0.1, 0.15) is 12.2 Å². The predicted molar refractivity (Wildman–Crippen MR) is 83.8 cm³/mol. The Morgan fingerprint density at radius 3 is 2.52 bits per heavy atom. The van der Waals surface area contributed by atoms with Gasteiger partial charge in [0.05, 0.1) is 13.2 Å². The minimum Gasteiger partial charge on any atom is -0.456 e. The summed E-state index contributed by atoms with van der Waals surface area (Å²) in [5.74, 6) is -0.684. The summed E-state index contributed by atoms with van der Waals surface area (Å²) in [6.45, 7) is 4.23. The highest BCUT2D eigenvalue weighted by Gasteiger charge is 2.23. The average molecular weight is 323 g/mol. The molecule has 0 aliphatic carbocycles. The third kappa shape index (κ3) is 6.94. The molecule has 7 nitrogen and oxygen atoms in total. The first kappa shape index (κ1) is 18.7. The van der Waals surface area contributed by atoms with Crippen molar-refractivity contribution in [3.05, 3.63) is 42.5 Å². The van der Waals surface area contributed by atoms with Gasteiger partial charge in [-0.15, -0.1) is 0 Å². The van der Waals surface area contributed by atoms with Crippen molar-refractivity contribution < 1.29 is 29.3 Å². The van der Waals surface area contributed by atoms with E-state index in [0.717, 1.165) is 0 Å². The zero-order valence-corrected chi connectivity index (χ0v) is 12.9. The van der Waals surface area contributed by atoms with Crippen molar-refractivity contribution in [2.24, 2.45) is 0 Å². The van der Waals surface area contributed by atoms with Gasteiger partial charge in [-0.3, -0.25) is 5.32 Å². The second-order valence-corrected chi connectivity index (χ2v) is 4.89. The lowest BCUT2D eigenvalue weighted by atomic mass is 10.1. The van der Waals surface area contributed by atoms with Gasteiger partial charge < -0.3 is 19.7 Å². The number of para-hydroxylation sites is 1. The molecule has 0 spiro atoms. The summed E-state index contributed by atoms with van der Waals surface area (Å²) in [4.78, 5) is 23.1. The van der Waals surface area contributed by atoms with Crippen molar-refractivity contribution in [2.75, 3.05) is 18.5 Å². The Balaban J connectivity index is 2.43.